The van der Waals surface area contributed by atoms with Crippen molar-refractivity contribution in [1.29, 1.82) is 0 Å². The maximum atomic E-state index is 12.8. The molecule has 150 valence electrons. The number of nitrogens with one attached hydrogen (secondary N) is 1. The molecule has 0 unspecified atom stereocenters. The Morgan fingerprint density at radius 1 is 1.07 bits per heavy atom. The van der Waals surface area contributed by atoms with Crippen molar-refractivity contribution in [3.8, 4) is 5.75 Å². The van der Waals surface area contributed by atoms with Gasteiger partial charge in [0, 0.05) is 17.6 Å². The molecule has 2 aromatic carbocycles. The van der Waals surface area contributed by atoms with Crippen molar-refractivity contribution in [2.24, 2.45) is 0 Å². The molecule has 0 aliphatic carbocycles. The Balaban J connectivity index is 1.91. The van der Waals surface area contributed by atoms with Gasteiger partial charge in [-0.25, -0.2) is 4.79 Å². The largest absolute Gasteiger partial charge is 0.506 e. The average Bonchev–Trinajstić information content (AvgIpc) is 2.73. The maximum Gasteiger partial charge on any atom is 0.338 e. The highest BCUT2D eigenvalue weighted by molar-refractivity contribution is 6.09. The van der Waals surface area contributed by atoms with E-state index in [-0.39, 0.29) is 11.3 Å². The first-order valence-electron chi connectivity index (χ1n) is 9.41. The molecule has 7 nitrogen and oxygen atoms in total. The molecule has 3 aromatic rings. The SMILES string of the molecule is CCCOC(=O)c1ccc(NC(=O)c2c(O)c3ccccc3n(CC)c2=O)cc1. The second-order valence-corrected chi connectivity index (χ2v) is 6.46. The van der Waals surface area contributed by atoms with Crippen molar-refractivity contribution in [2.75, 3.05) is 11.9 Å². The van der Waals surface area contributed by atoms with Crippen LogP contribution in [0.5, 0.6) is 5.75 Å². The summed E-state index contributed by atoms with van der Waals surface area (Å²) >= 11 is 0. The number of rotatable bonds is 6. The van der Waals surface area contributed by atoms with Crippen LogP contribution >= 0.6 is 0 Å². The number of aromatic hydroxyl groups is 1. The fourth-order valence-electron chi connectivity index (χ4n) is 3.07. The monoisotopic (exact) mass is 394 g/mol. The lowest BCUT2D eigenvalue weighted by atomic mass is 10.1. The van der Waals surface area contributed by atoms with Gasteiger partial charge in [0.15, 0.2) is 0 Å². The topological polar surface area (TPSA) is 97.6 Å². The standard InChI is InChI=1S/C22H22N2O5/c1-3-13-29-22(28)14-9-11-15(12-10-14)23-20(26)18-19(25)16-7-5-6-8-17(16)24(4-2)21(18)27/h5-12,25H,3-4,13H2,1-2H3,(H,23,26). The molecule has 0 saturated carbocycles. The molecule has 1 heterocycles. The van der Waals surface area contributed by atoms with E-state index in [1.54, 1.807) is 31.2 Å². The Labute approximate surface area is 167 Å². The van der Waals surface area contributed by atoms with E-state index in [9.17, 15) is 19.5 Å². The number of ether oxygens (including phenoxy) is 1. The summed E-state index contributed by atoms with van der Waals surface area (Å²) in [5.41, 5.74) is 0.414. The molecular weight excluding hydrogens is 372 g/mol. The van der Waals surface area contributed by atoms with Crippen LogP contribution in [0.15, 0.2) is 53.3 Å². The summed E-state index contributed by atoms with van der Waals surface area (Å²) in [6.07, 6.45) is 0.727. The van der Waals surface area contributed by atoms with E-state index in [0.717, 1.165) is 6.42 Å². The molecule has 7 heteroatoms. The molecule has 0 aliphatic rings. The lowest BCUT2D eigenvalue weighted by molar-refractivity contribution is 0.0505. The molecule has 0 radical (unpaired) electrons. The minimum absolute atomic E-state index is 0.322. The van der Waals surface area contributed by atoms with Gasteiger partial charge in [0.05, 0.1) is 17.7 Å². The minimum atomic E-state index is -0.721. The minimum Gasteiger partial charge on any atom is -0.506 e. The number of pyridine rings is 1. The zero-order chi connectivity index (χ0) is 21.0. The van der Waals surface area contributed by atoms with Crippen LogP contribution in [0.2, 0.25) is 0 Å². The van der Waals surface area contributed by atoms with Crippen LogP contribution in [0.25, 0.3) is 10.9 Å². The van der Waals surface area contributed by atoms with Crippen molar-refractivity contribution in [3.63, 3.8) is 0 Å². The van der Waals surface area contributed by atoms with Crippen LogP contribution in [0.4, 0.5) is 5.69 Å². The molecule has 0 saturated heterocycles. The number of aryl methyl sites for hydroxylation is 1. The molecule has 0 spiro atoms. The van der Waals surface area contributed by atoms with Crippen molar-refractivity contribution in [1.82, 2.24) is 4.57 Å². The van der Waals surface area contributed by atoms with E-state index >= 15 is 0 Å². The third kappa shape index (κ3) is 3.99. The number of esters is 1. The Hall–Kier alpha value is -3.61. The highest BCUT2D eigenvalue weighted by Gasteiger charge is 2.22. The summed E-state index contributed by atoms with van der Waals surface area (Å²) in [5.74, 6) is -1.52. The van der Waals surface area contributed by atoms with Crippen LogP contribution in [0, 0.1) is 0 Å². The van der Waals surface area contributed by atoms with Gasteiger partial charge in [-0.1, -0.05) is 19.1 Å². The second-order valence-electron chi connectivity index (χ2n) is 6.46. The average molecular weight is 394 g/mol. The second kappa shape index (κ2) is 8.60. The molecule has 1 aromatic heterocycles. The van der Waals surface area contributed by atoms with Gasteiger partial charge in [0.1, 0.15) is 11.3 Å². The van der Waals surface area contributed by atoms with Gasteiger partial charge in [0.25, 0.3) is 11.5 Å². The lowest BCUT2D eigenvalue weighted by Crippen LogP contribution is -2.29. The summed E-state index contributed by atoms with van der Waals surface area (Å²) in [5, 5.41) is 13.6. The Morgan fingerprint density at radius 2 is 1.76 bits per heavy atom. The fourth-order valence-corrected chi connectivity index (χ4v) is 3.07. The van der Waals surface area contributed by atoms with Crippen LogP contribution in [-0.4, -0.2) is 28.2 Å². The number of benzene rings is 2. The predicted octanol–water partition coefficient (Wildman–Crippen LogP) is 3.55. The number of carbonyl (C=O) groups excluding carboxylic acids is 2. The number of aromatic nitrogens is 1. The van der Waals surface area contributed by atoms with Gasteiger partial charge in [0.2, 0.25) is 0 Å². The van der Waals surface area contributed by atoms with E-state index in [0.29, 0.717) is 35.3 Å². The third-order valence-electron chi connectivity index (χ3n) is 4.50. The van der Waals surface area contributed by atoms with E-state index in [2.05, 4.69) is 5.32 Å². The molecule has 2 N–H and O–H groups in total. The van der Waals surface area contributed by atoms with Gasteiger partial charge in [-0.2, -0.15) is 0 Å². The summed E-state index contributed by atoms with van der Waals surface area (Å²) < 4.78 is 6.50. The maximum absolute atomic E-state index is 12.8. The highest BCUT2D eigenvalue weighted by atomic mass is 16.5. The Bertz CT molecular complexity index is 1120. The molecule has 0 fully saturated rings. The first-order valence-corrected chi connectivity index (χ1v) is 9.41. The lowest BCUT2D eigenvalue weighted by Gasteiger charge is -2.13. The van der Waals surface area contributed by atoms with Crippen molar-refractivity contribution >= 4 is 28.5 Å². The van der Waals surface area contributed by atoms with E-state index < -0.39 is 17.4 Å². The quantitative estimate of drug-likeness (QED) is 0.623. The summed E-state index contributed by atoms with van der Waals surface area (Å²) in [6.45, 7) is 4.39. The number of amides is 1. The molecule has 1 amide bonds. The molecule has 0 bridgehead atoms. The van der Waals surface area contributed by atoms with Gasteiger partial charge >= 0.3 is 5.97 Å². The Kier molecular flexibility index (Phi) is 5.97. The van der Waals surface area contributed by atoms with Gasteiger partial charge in [-0.15, -0.1) is 0 Å². The molecular formula is C22H22N2O5. The normalized spacial score (nSPS) is 10.7. The zero-order valence-electron chi connectivity index (χ0n) is 16.3. The number of para-hydroxylation sites is 1. The van der Waals surface area contributed by atoms with Crippen LogP contribution in [0.3, 0.4) is 0 Å². The summed E-state index contributed by atoms with van der Waals surface area (Å²) in [4.78, 5) is 37.4. The number of anilines is 1. The zero-order valence-corrected chi connectivity index (χ0v) is 16.3. The van der Waals surface area contributed by atoms with Crippen LogP contribution in [0.1, 0.15) is 41.0 Å². The van der Waals surface area contributed by atoms with Crippen LogP contribution in [-0.2, 0) is 11.3 Å². The highest BCUT2D eigenvalue weighted by Crippen LogP contribution is 2.26. The first-order chi connectivity index (χ1) is 14.0. The van der Waals surface area contributed by atoms with Gasteiger partial charge in [-0.05, 0) is 49.7 Å². The van der Waals surface area contributed by atoms with Crippen LogP contribution < -0.4 is 10.9 Å². The van der Waals surface area contributed by atoms with Gasteiger partial charge < -0.3 is 19.7 Å². The number of hydrogen-bond acceptors (Lipinski definition) is 5. The smallest absolute Gasteiger partial charge is 0.338 e. The number of carbonyl (C=O) groups is 2. The summed E-state index contributed by atoms with van der Waals surface area (Å²) in [6, 6.07) is 13.0. The van der Waals surface area contributed by atoms with Crippen molar-refractivity contribution in [2.45, 2.75) is 26.8 Å². The fraction of sp³-hybridized carbons (Fsp3) is 0.227. The molecule has 3 rings (SSSR count). The molecule has 0 atom stereocenters. The van der Waals surface area contributed by atoms with Crippen molar-refractivity contribution in [3.05, 3.63) is 70.0 Å². The predicted molar refractivity (Wildman–Crippen MR) is 111 cm³/mol. The summed E-state index contributed by atoms with van der Waals surface area (Å²) in [7, 11) is 0. The van der Waals surface area contributed by atoms with Gasteiger partial charge in [-0.3, -0.25) is 9.59 Å². The number of fused-ring (bicyclic) bond motifs is 1. The number of nitrogens with zero attached hydrogens (tertiary/aromatic N) is 1. The van der Waals surface area contributed by atoms with E-state index in [1.165, 1.54) is 28.8 Å². The Morgan fingerprint density at radius 3 is 2.41 bits per heavy atom. The first kappa shape index (κ1) is 20.1. The third-order valence-corrected chi connectivity index (χ3v) is 4.50. The molecule has 29 heavy (non-hydrogen) atoms. The van der Waals surface area contributed by atoms with E-state index in [1.807, 2.05) is 6.92 Å². The molecule has 0 aliphatic heterocycles. The van der Waals surface area contributed by atoms with E-state index in [4.69, 9.17) is 4.74 Å². The number of hydrogen-bond donors (Lipinski definition) is 2. The van der Waals surface area contributed by atoms with Crippen molar-refractivity contribution < 1.29 is 19.4 Å².